The Morgan fingerprint density at radius 1 is 1.21 bits per heavy atom. The number of amidine groups is 1. The lowest BCUT2D eigenvalue weighted by Gasteiger charge is -2.45. The van der Waals surface area contributed by atoms with Gasteiger partial charge in [-0.2, -0.15) is 5.10 Å². The maximum absolute atomic E-state index is 6.07. The van der Waals surface area contributed by atoms with Crippen LogP contribution < -0.4 is 5.32 Å². The normalized spacial score (nSPS) is 25.9. The molecule has 19 heavy (non-hydrogen) atoms. The highest BCUT2D eigenvalue weighted by Crippen LogP contribution is 2.28. The van der Waals surface area contributed by atoms with Gasteiger partial charge in [0.1, 0.15) is 5.84 Å². The van der Waals surface area contributed by atoms with E-state index < -0.39 is 0 Å². The van der Waals surface area contributed by atoms with Gasteiger partial charge in [-0.25, -0.2) is 0 Å². The van der Waals surface area contributed by atoms with Crippen LogP contribution >= 0.6 is 0 Å². The molecule has 3 aliphatic heterocycles. The Morgan fingerprint density at radius 2 is 1.95 bits per heavy atom. The Balaban J connectivity index is 0.000000637. The van der Waals surface area contributed by atoms with Crippen LogP contribution in [0.1, 0.15) is 33.1 Å². The monoisotopic (exact) mass is 268 g/mol. The summed E-state index contributed by atoms with van der Waals surface area (Å²) in [7, 11) is 2.05. The average molecular weight is 268 g/mol. The number of morpholine rings is 1. The van der Waals surface area contributed by atoms with Gasteiger partial charge in [-0.15, -0.1) is 0 Å². The molecule has 3 rings (SSSR count). The first-order valence-electron chi connectivity index (χ1n) is 7.66. The van der Waals surface area contributed by atoms with Crippen LogP contribution in [-0.4, -0.2) is 67.7 Å². The molecular weight excluding hydrogens is 240 g/mol. The third kappa shape index (κ3) is 3.39. The molecule has 1 N–H and O–H groups in total. The summed E-state index contributed by atoms with van der Waals surface area (Å²) in [4.78, 5) is 2.44. The number of hydrazone groups is 1. The van der Waals surface area contributed by atoms with Crippen LogP contribution in [0.2, 0.25) is 0 Å². The molecule has 0 atom stereocenters. The van der Waals surface area contributed by atoms with Gasteiger partial charge >= 0.3 is 0 Å². The maximum atomic E-state index is 6.07. The number of piperidine rings is 1. The molecule has 0 aromatic rings. The maximum Gasteiger partial charge on any atom is 0.127 e. The van der Waals surface area contributed by atoms with E-state index in [0.717, 1.165) is 58.6 Å². The van der Waals surface area contributed by atoms with Gasteiger partial charge in [0.2, 0.25) is 0 Å². The Labute approximate surface area is 117 Å². The molecule has 3 aliphatic rings. The molecule has 5 heteroatoms. The molecule has 0 aromatic heterocycles. The summed E-state index contributed by atoms with van der Waals surface area (Å²) in [6.45, 7) is 10.1. The van der Waals surface area contributed by atoms with Crippen molar-refractivity contribution >= 4 is 5.84 Å². The Hall–Kier alpha value is -0.810. The van der Waals surface area contributed by atoms with Crippen molar-refractivity contribution in [2.45, 2.75) is 38.7 Å². The first-order chi connectivity index (χ1) is 9.27. The smallest absolute Gasteiger partial charge is 0.127 e. The van der Waals surface area contributed by atoms with Crippen molar-refractivity contribution < 1.29 is 4.74 Å². The molecule has 0 unspecified atom stereocenters. The fraction of sp³-hybridized carbons (Fsp3) is 0.929. The predicted molar refractivity (Wildman–Crippen MR) is 78.4 cm³/mol. The van der Waals surface area contributed by atoms with Crippen LogP contribution in [0.4, 0.5) is 0 Å². The molecule has 2 saturated heterocycles. The Morgan fingerprint density at radius 3 is 2.58 bits per heavy atom. The van der Waals surface area contributed by atoms with Crippen molar-refractivity contribution in [3.8, 4) is 0 Å². The van der Waals surface area contributed by atoms with Gasteiger partial charge in [0.25, 0.3) is 0 Å². The van der Waals surface area contributed by atoms with Crippen LogP contribution in [0.15, 0.2) is 5.10 Å². The van der Waals surface area contributed by atoms with Crippen LogP contribution in [-0.2, 0) is 4.74 Å². The molecule has 0 aliphatic carbocycles. The highest BCUT2D eigenvalue weighted by Gasteiger charge is 2.39. The zero-order valence-corrected chi connectivity index (χ0v) is 12.6. The minimum absolute atomic E-state index is 0.0905. The molecule has 1 spiro atoms. The molecule has 110 valence electrons. The van der Waals surface area contributed by atoms with Gasteiger partial charge < -0.3 is 15.0 Å². The molecule has 0 radical (unpaired) electrons. The summed E-state index contributed by atoms with van der Waals surface area (Å²) in [5, 5.41) is 10.0. The van der Waals surface area contributed by atoms with Gasteiger partial charge in [0, 0.05) is 33.1 Å². The summed E-state index contributed by atoms with van der Waals surface area (Å²) in [6, 6.07) is 0. The molecular formula is C14H28N4O. The molecule has 0 amide bonds. The van der Waals surface area contributed by atoms with Crippen molar-refractivity contribution in [2.75, 3.05) is 46.4 Å². The van der Waals surface area contributed by atoms with Gasteiger partial charge in [-0.05, 0) is 25.9 Å². The Kier molecular flexibility index (Phi) is 5.05. The van der Waals surface area contributed by atoms with Crippen LogP contribution in [0, 0.1) is 0 Å². The molecule has 0 saturated carbocycles. The van der Waals surface area contributed by atoms with E-state index >= 15 is 0 Å². The second-order valence-electron chi connectivity index (χ2n) is 5.35. The molecule has 5 nitrogen and oxygen atoms in total. The summed E-state index contributed by atoms with van der Waals surface area (Å²) in [6.07, 6.45) is 3.35. The second kappa shape index (κ2) is 6.57. The molecule has 3 heterocycles. The van der Waals surface area contributed by atoms with Crippen molar-refractivity contribution in [1.29, 1.82) is 0 Å². The summed E-state index contributed by atoms with van der Waals surface area (Å²) in [5.74, 6) is 1.26. The number of rotatable bonds is 0. The quantitative estimate of drug-likeness (QED) is 0.714. The first kappa shape index (κ1) is 14.6. The molecule has 2 fully saturated rings. The fourth-order valence-electron chi connectivity index (χ4n) is 3.03. The third-order valence-corrected chi connectivity index (χ3v) is 4.07. The largest absolute Gasteiger partial charge is 0.371 e. The standard InChI is InChI=1S/C12H22N4O.C2H6/c1-15-7-2-11(14-15)16-8-9-17-12(10-16)3-5-13-6-4-12;1-2/h13H,2-10H2,1H3;1-2H3. The van der Waals surface area contributed by atoms with Crippen LogP contribution in [0.5, 0.6) is 0 Å². The van der Waals surface area contributed by atoms with Crippen molar-refractivity contribution in [2.24, 2.45) is 5.10 Å². The second-order valence-corrected chi connectivity index (χ2v) is 5.35. The van der Waals surface area contributed by atoms with E-state index in [1.807, 2.05) is 25.9 Å². The van der Waals surface area contributed by atoms with E-state index in [-0.39, 0.29) is 5.60 Å². The van der Waals surface area contributed by atoms with E-state index in [1.54, 1.807) is 0 Å². The lowest BCUT2D eigenvalue weighted by molar-refractivity contribution is -0.108. The van der Waals surface area contributed by atoms with Gasteiger partial charge in [0.05, 0.1) is 12.2 Å². The number of ether oxygens (including phenoxy) is 1. The molecule has 0 aromatic carbocycles. The Bertz CT molecular complexity index is 307. The summed E-state index contributed by atoms with van der Waals surface area (Å²) in [5.41, 5.74) is 0.0905. The van der Waals surface area contributed by atoms with E-state index in [4.69, 9.17) is 4.74 Å². The first-order valence-corrected chi connectivity index (χ1v) is 7.66. The van der Waals surface area contributed by atoms with Gasteiger partial charge in [-0.1, -0.05) is 13.8 Å². The highest BCUT2D eigenvalue weighted by molar-refractivity contribution is 5.83. The van der Waals surface area contributed by atoms with E-state index in [1.165, 1.54) is 5.84 Å². The SMILES string of the molecule is CC.CN1CCC(N2CCOC3(CCNCC3)C2)=N1. The van der Waals surface area contributed by atoms with Crippen molar-refractivity contribution in [1.82, 2.24) is 15.2 Å². The average Bonchev–Trinajstić information content (AvgIpc) is 2.89. The van der Waals surface area contributed by atoms with Crippen LogP contribution in [0.3, 0.4) is 0 Å². The summed E-state index contributed by atoms with van der Waals surface area (Å²) < 4.78 is 6.07. The fourth-order valence-corrected chi connectivity index (χ4v) is 3.03. The van der Waals surface area contributed by atoms with Crippen LogP contribution in [0.25, 0.3) is 0 Å². The number of hydrogen-bond acceptors (Lipinski definition) is 5. The van der Waals surface area contributed by atoms with E-state index in [9.17, 15) is 0 Å². The lowest BCUT2D eigenvalue weighted by atomic mass is 9.90. The lowest BCUT2D eigenvalue weighted by Crippen LogP contribution is -2.57. The summed E-state index contributed by atoms with van der Waals surface area (Å²) >= 11 is 0. The topological polar surface area (TPSA) is 40.1 Å². The zero-order valence-electron chi connectivity index (χ0n) is 12.6. The minimum atomic E-state index is 0.0905. The third-order valence-electron chi connectivity index (χ3n) is 4.07. The minimum Gasteiger partial charge on any atom is -0.371 e. The number of nitrogens with zero attached hydrogens (tertiary/aromatic N) is 3. The van der Waals surface area contributed by atoms with E-state index in [0.29, 0.717) is 0 Å². The van der Waals surface area contributed by atoms with E-state index in [2.05, 4.69) is 15.3 Å². The van der Waals surface area contributed by atoms with Gasteiger partial charge in [-0.3, -0.25) is 5.01 Å². The van der Waals surface area contributed by atoms with Crippen molar-refractivity contribution in [3.05, 3.63) is 0 Å². The zero-order chi connectivity index (χ0) is 13.7. The van der Waals surface area contributed by atoms with Gasteiger partial charge in [0.15, 0.2) is 0 Å². The highest BCUT2D eigenvalue weighted by atomic mass is 16.5. The number of hydrogen-bond donors (Lipinski definition) is 1. The number of nitrogens with one attached hydrogen (secondary N) is 1. The predicted octanol–water partition coefficient (Wildman–Crippen LogP) is 1.12. The van der Waals surface area contributed by atoms with Crippen molar-refractivity contribution in [3.63, 3.8) is 0 Å². The molecule has 0 bridgehead atoms.